The van der Waals surface area contributed by atoms with Crippen LogP contribution in [0.5, 0.6) is 5.75 Å². The first-order chi connectivity index (χ1) is 15.2. The molecule has 0 aliphatic carbocycles. The molecule has 1 amide bonds. The van der Waals surface area contributed by atoms with Crippen LogP contribution in [0.2, 0.25) is 0 Å². The van der Waals surface area contributed by atoms with Crippen molar-refractivity contribution in [1.82, 2.24) is 9.55 Å². The molecular weight excluding hydrogens is 433 g/mol. The molecule has 0 radical (unpaired) electrons. The summed E-state index contributed by atoms with van der Waals surface area (Å²) in [5.41, 5.74) is 1.23. The van der Waals surface area contributed by atoms with Gasteiger partial charge in [0.25, 0.3) is 0 Å². The number of hydrogen-bond donors (Lipinski definition) is 1. The van der Waals surface area contributed by atoms with Gasteiger partial charge in [-0.25, -0.2) is 19.5 Å². The smallest absolute Gasteiger partial charge is 0.416 e. The summed E-state index contributed by atoms with van der Waals surface area (Å²) >= 11 is 0. The topological polar surface area (TPSA) is 97.1 Å². The van der Waals surface area contributed by atoms with E-state index >= 15 is 0 Å². The maximum atomic E-state index is 13.4. The minimum Gasteiger partial charge on any atom is -0.491 e. The third-order valence-electron chi connectivity index (χ3n) is 5.93. The van der Waals surface area contributed by atoms with E-state index in [1.54, 1.807) is 27.7 Å². The van der Waals surface area contributed by atoms with E-state index in [4.69, 9.17) is 4.74 Å². The van der Waals surface area contributed by atoms with Crippen LogP contribution in [0.3, 0.4) is 0 Å². The minimum absolute atomic E-state index is 0.146. The quantitative estimate of drug-likeness (QED) is 0.765. The average Bonchev–Trinajstić information content (AvgIpc) is 3.43. The number of cyclic esters (lactones) is 1. The van der Waals surface area contributed by atoms with Crippen LogP contribution in [-0.4, -0.2) is 64.7 Å². The summed E-state index contributed by atoms with van der Waals surface area (Å²) in [6.07, 6.45) is -3.06. The Balaban J connectivity index is 1.51. The van der Waals surface area contributed by atoms with Crippen molar-refractivity contribution in [2.75, 3.05) is 29.6 Å². The Morgan fingerprint density at radius 1 is 1.22 bits per heavy atom. The number of anilines is 2. The van der Waals surface area contributed by atoms with Gasteiger partial charge in [0.05, 0.1) is 12.1 Å². The molecule has 1 N–H and O–H groups in total. The summed E-state index contributed by atoms with van der Waals surface area (Å²) in [5, 5.41) is 9.46. The number of alkyl halides is 3. The summed E-state index contributed by atoms with van der Waals surface area (Å²) < 4.78 is 52.2. The fraction of sp³-hybridized carbons (Fsp3) is 0.450. The number of hydrogen-bond acceptors (Lipinski definition) is 6. The summed E-state index contributed by atoms with van der Waals surface area (Å²) in [6.45, 7) is 0.362. The molecule has 12 heteroatoms. The minimum atomic E-state index is -4.65. The number of rotatable bonds is 3. The number of fused-ring (bicyclic) bond motifs is 3. The Kier molecular flexibility index (Phi) is 4.68. The van der Waals surface area contributed by atoms with Gasteiger partial charge in [-0.05, 0) is 25.0 Å². The first-order valence-electron chi connectivity index (χ1n) is 10.1. The Morgan fingerprint density at radius 2 is 2.03 bits per heavy atom. The van der Waals surface area contributed by atoms with E-state index < -0.39 is 36.9 Å². The van der Waals surface area contributed by atoms with Crippen LogP contribution in [0.1, 0.15) is 12.8 Å². The maximum Gasteiger partial charge on any atom is 0.416 e. The van der Waals surface area contributed by atoms with E-state index in [0.717, 1.165) is 6.42 Å². The van der Waals surface area contributed by atoms with Crippen LogP contribution < -0.4 is 14.5 Å². The first-order valence-corrected chi connectivity index (χ1v) is 10.1. The molecule has 0 spiro atoms. The SMILES string of the molecule is O=C(O)[C@@H]1CCCN1c1ccc2c(c1)OCCn1cc(N3C(=O)OC[C@H]3C(F)(F)F)nc1-2. The molecule has 0 unspecified atom stereocenters. The fourth-order valence-corrected chi connectivity index (χ4v) is 4.40. The van der Waals surface area contributed by atoms with Gasteiger partial charge in [-0.1, -0.05) is 0 Å². The second-order valence-electron chi connectivity index (χ2n) is 7.84. The molecule has 1 aromatic carbocycles. The second-order valence-corrected chi connectivity index (χ2v) is 7.84. The molecule has 2 fully saturated rings. The van der Waals surface area contributed by atoms with Gasteiger partial charge in [0.15, 0.2) is 11.9 Å². The number of amides is 1. The largest absolute Gasteiger partial charge is 0.491 e. The molecule has 32 heavy (non-hydrogen) atoms. The monoisotopic (exact) mass is 452 g/mol. The van der Waals surface area contributed by atoms with Crippen LogP contribution >= 0.6 is 0 Å². The molecular formula is C20H19F3N4O5. The van der Waals surface area contributed by atoms with Crippen molar-refractivity contribution in [2.45, 2.75) is 37.6 Å². The van der Waals surface area contributed by atoms with Gasteiger partial charge >= 0.3 is 18.2 Å². The molecule has 2 atom stereocenters. The van der Waals surface area contributed by atoms with E-state index in [2.05, 4.69) is 9.72 Å². The average molecular weight is 452 g/mol. The van der Waals surface area contributed by atoms with Crippen LogP contribution in [0.4, 0.5) is 29.5 Å². The molecule has 4 heterocycles. The number of carboxylic acid groups (broad SMARTS) is 1. The molecule has 5 rings (SSSR count). The van der Waals surface area contributed by atoms with Crippen molar-refractivity contribution in [3.63, 3.8) is 0 Å². The predicted octanol–water partition coefficient (Wildman–Crippen LogP) is 2.88. The van der Waals surface area contributed by atoms with Gasteiger partial charge in [-0.2, -0.15) is 13.2 Å². The van der Waals surface area contributed by atoms with Gasteiger partial charge in [0, 0.05) is 24.5 Å². The van der Waals surface area contributed by atoms with E-state index in [9.17, 15) is 27.9 Å². The molecule has 9 nitrogen and oxygen atoms in total. The zero-order valence-electron chi connectivity index (χ0n) is 16.7. The van der Waals surface area contributed by atoms with Gasteiger partial charge in [-0.15, -0.1) is 0 Å². The Hall–Kier alpha value is -3.44. The fourth-order valence-electron chi connectivity index (χ4n) is 4.40. The molecule has 2 saturated heterocycles. The van der Waals surface area contributed by atoms with Crippen molar-refractivity contribution in [3.8, 4) is 17.1 Å². The Bertz CT molecular complexity index is 1090. The van der Waals surface area contributed by atoms with Crippen molar-refractivity contribution in [3.05, 3.63) is 24.4 Å². The molecule has 0 bridgehead atoms. The summed E-state index contributed by atoms with van der Waals surface area (Å²) in [7, 11) is 0. The van der Waals surface area contributed by atoms with Gasteiger partial charge < -0.3 is 24.0 Å². The normalized spacial score (nSPS) is 22.8. The molecule has 3 aliphatic heterocycles. The third-order valence-corrected chi connectivity index (χ3v) is 5.93. The van der Waals surface area contributed by atoms with Crippen molar-refractivity contribution in [1.29, 1.82) is 0 Å². The lowest BCUT2D eigenvalue weighted by Gasteiger charge is -2.24. The van der Waals surface area contributed by atoms with Crippen LogP contribution in [-0.2, 0) is 16.1 Å². The standard InChI is InChI=1S/C20H19F3N4O5/c21-20(22,23)15-10-32-19(30)27(15)16-9-25-6-7-31-14-8-11(3-4-12(14)17(25)24-16)26-5-1-2-13(26)18(28)29/h3-4,8-9,13,15H,1-2,5-7,10H2,(H,28,29)/t13-,15-/m0/s1. The summed E-state index contributed by atoms with van der Waals surface area (Å²) in [4.78, 5) is 30.2. The third kappa shape index (κ3) is 3.30. The highest BCUT2D eigenvalue weighted by Gasteiger charge is 2.52. The number of benzene rings is 1. The van der Waals surface area contributed by atoms with E-state index in [0.29, 0.717) is 47.2 Å². The highest BCUT2D eigenvalue weighted by atomic mass is 19.4. The zero-order chi connectivity index (χ0) is 22.6. The number of aromatic nitrogens is 2. The number of nitrogens with zero attached hydrogens (tertiary/aromatic N) is 4. The molecule has 2 aromatic rings. The highest BCUT2D eigenvalue weighted by molar-refractivity contribution is 5.90. The number of carboxylic acids is 1. The van der Waals surface area contributed by atoms with E-state index in [1.807, 2.05) is 0 Å². The highest BCUT2D eigenvalue weighted by Crippen LogP contribution is 2.39. The van der Waals surface area contributed by atoms with Gasteiger partial charge in [0.2, 0.25) is 0 Å². The Labute approximate surface area is 179 Å². The number of aliphatic carboxylic acids is 1. The lowest BCUT2D eigenvalue weighted by atomic mass is 10.1. The van der Waals surface area contributed by atoms with Crippen LogP contribution in [0, 0.1) is 0 Å². The van der Waals surface area contributed by atoms with Gasteiger partial charge in [-0.3, -0.25) is 0 Å². The molecule has 0 saturated carbocycles. The van der Waals surface area contributed by atoms with Crippen molar-refractivity contribution in [2.24, 2.45) is 0 Å². The number of carbonyl (C=O) groups excluding carboxylic acids is 1. The first kappa shape index (κ1) is 20.5. The van der Waals surface area contributed by atoms with E-state index in [-0.39, 0.29) is 12.4 Å². The van der Waals surface area contributed by atoms with Crippen LogP contribution in [0.25, 0.3) is 11.4 Å². The van der Waals surface area contributed by atoms with E-state index in [1.165, 1.54) is 6.20 Å². The molecule has 170 valence electrons. The number of carbonyl (C=O) groups is 2. The maximum absolute atomic E-state index is 13.4. The summed E-state index contributed by atoms with van der Waals surface area (Å²) in [5.74, 6) is -0.232. The van der Waals surface area contributed by atoms with Crippen molar-refractivity contribution >= 4 is 23.6 Å². The lowest BCUT2D eigenvalue weighted by Crippen LogP contribution is -2.44. The Morgan fingerprint density at radius 3 is 2.78 bits per heavy atom. The van der Waals surface area contributed by atoms with Crippen LogP contribution in [0.15, 0.2) is 24.4 Å². The lowest BCUT2D eigenvalue weighted by molar-refractivity contribution is -0.147. The predicted molar refractivity (Wildman–Crippen MR) is 105 cm³/mol. The number of imidazole rings is 1. The zero-order valence-corrected chi connectivity index (χ0v) is 16.7. The van der Waals surface area contributed by atoms with Gasteiger partial charge in [0.1, 0.15) is 30.8 Å². The number of halogens is 3. The summed E-state index contributed by atoms with van der Waals surface area (Å²) in [6, 6.07) is 2.46. The molecule has 1 aromatic heterocycles. The second kappa shape index (κ2) is 7.31. The van der Waals surface area contributed by atoms with Crippen molar-refractivity contribution < 1.29 is 37.3 Å². The molecule has 3 aliphatic rings. The number of ether oxygens (including phenoxy) is 2.